The van der Waals surface area contributed by atoms with Gasteiger partial charge in [-0.2, -0.15) is 0 Å². The monoisotopic (exact) mass is 254 g/mol. The number of hydrogen-bond donors (Lipinski definition) is 2. The molecule has 0 amide bonds. The molecule has 1 fully saturated rings. The van der Waals surface area contributed by atoms with Crippen molar-refractivity contribution in [2.75, 3.05) is 0 Å². The van der Waals surface area contributed by atoms with Gasteiger partial charge < -0.3 is 5.73 Å². The number of rotatable bonds is 5. The van der Waals surface area contributed by atoms with E-state index in [0.717, 1.165) is 30.4 Å². The van der Waals surface area contributed by atoms with Crippen molar-refractivity contribution in [1.29, 1.82) is 0 Å². The van der Waals surface area contributed by atoms with Gasteiger partial charge in [0, 0.05) is 12.6 Å². The van der Waals surface area contributed by atoms with Crippen LogP contribution >= 0.6 is 0 Å². The lowest BCUT2D eigenvalue weighted by molar-refractivity contribution is 0.383. The molecule has 2 rings (SSSR count). The van der Waals surface area contributed by atoms with Crippen LogP contribution in [-0.4, -0.2) is 14.5 Å². The lowest BCUT2D eigenvalue weighted by Crippen LogP contribution is -2.39. The molecule has 0 aromatic heterocycles. The first kappa shape index (κ1) is 12.5. The molecule has 4 nitrogen and oxygen atoms in total. The molecule has 0 bridgehead atoms. The third-order valence-electron chi connectivity index (χ3n) is 3.07. The molecule has 0 heterocycles. The van der Waals surface area contributed by atoms with E-state index in [1.54, 1.807) is 0 Å². The van der Waals surface area contributed by atoms with Crippen molar-refractivity contribution in [2.45, 2.75) is 37.6 Å². The molecular formula is C12H18N2O2S. The Morgan fingerprint density at radius 2 is 1.76 bits per heavy atom. The van der Waals surface area contributed by atoms with Crippen molar-refractivity contribution >= 4 is 10.0 Å². The molecule has 0 saturated heterocycles. The fourth-order valence-corrected chi connectivity index (χ4v) is 3.27. The third kappa shape index (κ3) is 3.52. The highest BCUT2D eigenvalue weighted by Gasteiger charge is 2.23. The molecule has 3 N–H and O–H groups in total. The van der Waals surface area contributed by atoms with Gasteiger partial charge in [-0.15, -0.1) is 0 Å². The van der Waals surface area contributed by atoms with Crippen LogP contribution < -0.4 is 10.5 Å². The number of nitrogens with one attached hydrogen (secondary N) is 1. The average molecular weight is 254 g/mol. The van der Waals surface area contributed by atoms with Crippen LogP contribution in [0.15, 0.2) is 24.3 Å². The van der Waals surface area contributed by atoms with Crippen molar-refractivity contribution < 1.29 is 8.42 Å². The maximum absolute atomic E-state index is 11.8. The Labute approximate surface area is 102 Å². The Morgan fingerprint density at radius 3 is 2.24 bits per heavy atom. The van der Waals surface area contributed by atoms with E-state index in [9.17, 15) is 8.42 Å². The molecule has 0 spiro atoms. The number of nitrogens with two attached hydrogens (primary N) is 1. The fraction of sp³-hybridized carbons (Fsp3) is 0.500. The van der Waals surface area contributed by atoms with Crippen LogP contribution in [0.1, 0.15) is 30.4 Å². The van der Waals surface area contributed by atoms with Crippen LogP contribution in [0.25, 0.3) is 0 Å². The Morgan fingerprint density at radius 1 is 1.18 bits per heavy atom. The van der Waals surface area contributed by atoms with Crippen molar-refractivity contribution in [1.82, 2.24) is 4.72 Å². The fourth-order valence-electron chi connectivity index (χ4n) is 1.81. The predicted molar refractivity (Wildman–Crippen MR) is 67.7 cm³/mol. The highest BCUT2D eigenvalue weighted by molar-refractivity contribution is 7.88. The van der Waals surface area contributed by atoms with Gasteiger partial charge in [-0.05, 0) is 24.0 Å². The summed E-state index contributed by atoms with van der Waals surface area (Å²) in [5.74, 6) is 0.0500. The summed E-state index contributed by atoms with van der Waals surface area (Å²) < 4.78 is 26.4. The molecule has 0 aliphatic heterocycles. The molecule has 1 aliphatic rings. The van der Waals surface area contributed by atoms with Crippen molar-refractivity contribution in [3.63, 3.8) is 0 Å². The van der Waals surface area contributed by atoms with Gasteiger partial charge in [-0.3, -0.25) is 0 Å². The minimum Gasteiger partial charge on any atom is -0.326 e. The predicted octanol–water partition coefficient (Wildman–Crippen LogP) is 1.12. The minimum atomic E-state index is -3.20. The summed E-state index contributed by atoms with van der Waals surface area (Å²) in [6.07, 6.45) is 3.05. The molecule has 1 aromatic carbocycles. The lowest BCUT2D eigenvalue weighted by Gasteiger charge is -2.26. The molecule has 5 heteroatoms. The summed E-state index contributed by atoms with van der Waals surface area (Å²) >= 11 is 0. The van der Waals surface area contributed by atoms with Crippen LogP contribution in [0.2, 0.25) is 0 Å². The van der Waals surface area contributed by atoms with Crippen molar-refractivity contribution in [2.24, 2.45) is 5.73 Å². The summed E-state index contributed by atoms with van der Waals surface area (Å²) in [6.45, 7) is 0.480. The smallest absolute Gasteiger partial charge is 0.216 e. The maximum Gasteiger partial charge on any atom is 0.216 e. The molecule has 1 aliphatic carbocycles. The second-order valence-electron chi connectivity index (χ2n) is 4.53. The van der Waals surface area contributed by atoms with E-state index in [0.29, 0.717) is 6.54 Å². The Balaban J connectivity index is 1.98. The van der Waals surface area contributed by atoms with E-state index in [2.05, 4.69) is 4.72 Å². The van der Waals surface area contributed by atoms with Gasteiger partial charge in [0.15, 0.2) is 0 Å². The van der Waals surface area contributed by atoms with Crippen molar-refractivity contribution in [3.05, 3.63) is 35.4 Å². The maximum atomic E-state index is 11.8. The number of benzene rings is 1. The van der Waals surface area contributed by atoms with Crippen molar-refractivity contribution in [3.8, 4) is 0 Å². The van der Waals surface area contributed by atoms with Gasteiger partial charge >= 0.3 is 0 Å². The van der Waals surface area contributed by atoms with E-state index in [-0.39, 0.29) is 11.8 Å². The highest BCUT2D eigenvalue weighted by Crippen LogP contribution is 2.19. The van der Waals surface area contributed by atoms with Crippen LogP contribution in [0.5, 0.6) is 0 Å². The molecule has 0 atom stereocenters. The van der Waals surface area contributed by atoms with E-state index in [1.165, 1.54) is 0 Å². The molecule has 0 unspecified atom stereocenters. The highest BCUT2D eigenvalue weighted by atomic mass is 32.2. The zero-order chi connectivity index (χ0) is 12.3. The van der Waals surface area contributed by atoms with Gasteiger partial charge in [0.05, 0.1) is 5.75 Å². The van der Waals surface area contributed by atoms with Gasteiger partial charge in [0.2, 0.25) is 10.0 Å². The van der Waals surface area contributed by atoms with E-state index >= 15 is 0 Å². The zero-order valence-electron chi connectivity index (χ0n) is 9.72. The molecule has 94 valence electrons. The third-order valence-corrected chi connectivity index (χ3v) is 4.47. The number of hydrogen-bond acceptors (Lipinski definition) is 3. The summed E-state index contributed by atoms with van der Waals surface area (Å²) in [7, 11) is -3.20. The van der Waals surface area contributed by atoms with E-state index in [4.69, 9.17) is 5.73 Å². The molecule has 1 saturated carbocycles. The second-order valence-corrected chi connectivity index (χ2v) is 6.28. The molecule has 1 aromatic rings. The topological polar surface area (TPSA) is 72.2 Å². The second kappa shape index (κ2) is 5.16. The first-order valence-electron chi connectivity index (χ1n) is 5.87. The summed E-state index contributed by atoms with van der Waals surface area (Å²) in [6, 6.07) is 7.54. The van der Waals surface area contributed by atoms with E-state index < -0.39 is 10.0 Å². The van der Waals surface area contributed by atoms with Gasteiger partial charge in [0.1, 0.15) is 0 Å². The van der Waals surface area contributed by atoms with Gasteiger partial charge in [-0.1, -0.05) is 30.7 Å². The Kier molecular flexibility index (Phi) is 3.81. The molecular weight excluding hydrogens is 236 g/mol. The quantitative estimate of drug-likeness (QED) is 0.827. The average Bonchev–Trinajstić information content (AvgIpc) is 2.24. The molecule has 0 radical (unpaired) electrons. The SMILES string of the molecule is NCc1ccc(CS(=O)(=O)NC2CCC2)cc1. The standard InChI is InChI=1S/C12H18N2O2S/c13-8-10-4-6-11(7-5-10)9-17(15,16)14-12-2-1-3-12/h4-7,12,14H,1-3,8-9,13H2. The molecule has 17 heavy (non-hydrogen) atoms. The largest absolute Gasteiger partial charge is 0.326 e. The van der Waals surface area contributed by atoms with Crippen LogP contribution in [-0.2, 0) is 22.3 Å². The summed E-state index contributed by atoms with van der Waals surface area (Å²) in [5, 5.41) is 0. The minimum absolute atomic E-state index is 0.0500. The van der Waals surface area contributed by atoms with Crippen LogP contribution in [0, 0.1) is 0 Å². The summed E-state index contributed by atoms with van der Waals surface area (Å²) in [5.41, 5.74) is 7.30. The Hall–Kier alpha value is -0.910. The summed E-state index contributed by atoms with van der Waals surface area (Å²) in [4.78, 5) is 0. The van der Waals surface area contributed by atoms with Crippen LogP contribution in [0.4, 0.5) is 0 Å². The zero-order valence-corrected chi connectivity index (χ0v) is 10.5. The first-order valence-corrected chi connectivity index (χ1v) is 7.52. The van der Waals surface area contributed by atoms with E-state index in [1.807, 2.05) is 24.3 Å². The van der Waals surface area contributed by atoms with Crippen LogP contribution in [0.3, 0.4) is 0 Å². The Bertz CT molecular complexity index is 464. The number of sulfonamides is 1. The van der Waals surface area contributed by atoms with Gasteiger partial charge in [0.25, 0.3) is 0 Å². The first-order chi connectivity index (χ1) is 8.09. The van der Waals surface area contributed by atoms with Gasteiger partial charge in [-0.25, -0.2) is 13.1 Å². The lowest BCUT2D eigenvalue weighted by atomic mass is 9.94. The normalized spacial score (nSPS) is 16.8.